The van der Waals surface area contributed by atoms with Gasteiger partial charge >= 0.3 is 0 Å². The van der Waals surface area contributed by atoms with Crippen molar-refractivity contribution in [2.45, 2.75) is 10.1 Å². The highest BCUT2D eigenvalue weighted by molar-refractivity contribution is 7.99. The Morgan fingerprint density at radius 2 is 2.08 bits per heavy atom. The minimum Gasteiger partial charge on any atom is -0.335 e. The van der Waals surface area contributed by atoms with Gasteiger partial charge in [0.15, 0.2) is 5.82 Å². The molecule has 0 atom stereocenters. The fraction of sp³-hybridized carbons (Fsp3) is 0. The van der Waals surface area contributed by atoms with Crippen LogP contribution in [-0.2, 0) is 0 Å². The Labute approximate surface area is 149 Å². The quantitative estimate of drug-likeness (QED) is 0.333. The number of pyridine rings is 1. The molecule has 1 aromatic carbocycles. The van der Waals surface area contributed by atoms with Crippen molar-refractivity contribution >= 4 is 39.6 Å². The monoisotopic (exact) mass is 370 g/mol. The van der Waals surface area contributed by atoms with Gasteiger partial charge in [-0.3, -0.25) is 15.1 Å². The number of fused-ring (bicyclic) bond motifs is 1. The second kappa shape index (κ2) is 6.15. The molecular formula is C15H10N6O2S2. The molecule has 0 spiro atoms. The Morgan fingerprint density at radius 1 is 1.20 bits per heavy atom. The van der Waals surface area contributed by atoms with Gasteiger partial charge < -0.3 is 5.84 Å². The second-order valence-electron chi connectivity index (χ2n) is 5.02. The van der Waals surface area contributed by atoms with Crippen LogP contribution in [0.3, 0.4) is 0 Å². The summed E-state index contributed by atoms with van der Waals surface area (Å²) in [7, 11) is 0. The van der Waals surface area contributed by atoms with E-state index in [-0.39, 0.29) is 5.69 Å². The van der Waals surface area contributed by atoms with Crippen LogP contribution in [-0.4, -0.2) is 24.8 Å². The number of aromatic nitrogens is 4. The number of rotatable bonds is 4. The number of nitrogen functional groups attached to an aromatic ring is 1. The molecule has 0 aliphatic rings. The Hall–Kier alpha value is -2.98. The zero-order valence-electron chi connectivity index (χ0n) is 12.6. The van der Waals surface area contributed by atoms with Crippen LogP contribution in [0.2, 0.25) is 0 Å². The first-order valence-electron chi connectivity index (χ1n) is 7.08. The van der Waals surface area contributed by atoms with E-state index in [1.807, 2.05) is 17.5 Å². The topological polar surface area (TPSA) is 113 Å². The molecule has 0 aliphatic carbocycles. The molecule has 0 fully saturated rings. The number of thiophene rings is 1. The molecule has 0 saturated heterocycles. The van der Waals surface area contributed by atoms with Gasteiger partial charge in [-0.15, -0.1) is 21.5 Å². The molecule has 4 rings (SSSR count). The largest absolute Gasteiger partial charge is 0.335 e. The van der Waals surface area contributed by atoms with Crippen LogP contribution in [0.15, 0.2) is 58.2 Å². The first-order valence-corrected chi connectivity index (χ1v) is 8.78. The lowest BCUT2D eigenvalue weighted by molar-refractivity contribution is -0.383. The lowest BCUT2D eigenvalue weighted by Gasteiger charge is -2.06. The van der Waals surface area contributed by atoms with Crippen molar-refractivity contribution in [1.82, 2.24) is 19.9 Å². The summed E-state index contributed by atoms with van der Waals surface area (Å²) in [6.45, 7) is 0. The van der Waals surface area contributed by atoms with Crippen LogP contribution in [0, 0.1) is 10.1 Å². The van der Waals surface area contributed by atoms with Crippen molar-refractivity contribution in [1.29, 1.82) is 0 Å². The Bertz CT molecular complexity index is 1080. The van der Waals surface area contributed by atoms with Crippen LogP contribution in [0.25, 0.3) is 21.5 Å². The highest BCUT2D eigenvalue weighted by Gasteiger charge is 2.18. The van der Waals surface area contributed by atoms with Crippen molar-refractivity contribution in [3.8, 4) is 10.7 Å². The van der Waals surface area contributed by atoms with Gasteiger partial charge in [0.1, 0.15) is 0 Å². The summed E-state index contributed by atoms with van der Waals surface area (Å²) in [6.07, 6.45) is 3.09. The zero-order valence-corrected chi connectivity index (χ0v) is 14.2. The van der Waals surface area contributed by atoms with Crippen molar-refractivity contribution < 1.29 is 4.92 Å². The number of benzene rings is 1. The third kappa shape index (κ3) is 2.71. The Kier molecular flexibility index (Phi) is 3.82. The van der Waals surface area contributed by atoms with Gasteiger partial charge in [0.2, 0.25) is 5.16 Å². The molecule has 2 N–H and O–H groups in total. The van der Waals surface area contributed by atoms with Crippen LogP contribution in [0.1, 0.15) is 0 Å². The number of hydrogen-bond acceptors (Lipinski definition) is 8. The smallest absolute Gasteiger partial charge is 0.278 e. The maximum absolute atomic E-state index is 11.2. The number of nitro benzene ring substituents is 1. The van der Waals surface area contributed by atoms with Crippen molar-refractivity contribution in [2.24, 2.45) is 0 Å². The summed E-state index contributed by atoms with van der Waals surface area (Å²) >= 11 is 2.82. The van der Waals surface area contributed by atoms with Gasteiger partial charge in [-0.2, -0.15) is 0 Å². The molecule has 0 saturated carbocycles. The predicted octanol–water partition coefficient (Wildman–Crippen LogP) is 3.33. The lowest BCUT2D eigenvalue weighted by atomic mass is 10.1. The fourth-order valence-electron chi connectivity index (χ4n) is 2.41. The average molecular weight is 370 g/mol. The molecule has 0 bridgehead atoms. The van der Waals surface area contributed by atoms with E-state index < -0.39 is 4.92 Å². The number of hydrogen-bond donors (Lipinski definition) is 1. The molecule has 4 aromatic rings. The van der Waals surface area contributed by atoms with E-state index in [0.717, 1.165) is 15.2 Å². The average Bonchev–Trinajstić information content (AvgIpc) is 3.25. The molecule has 0 aliphatic heterocycles. The van der Waals surface area contributed by atoms with E-state index in [0.29, 0.717) is 16.4 Å². The summed E-state index contributed by atoms with van der Waals surface area (Å²) in [4.78, 5) is 16.5. The first kappa shape index (κ1) is 15.5. The molecule has 0 amide bonds. The van der Waals surface area contributed by atoms with E-state index in [4.69, 9.17) is 5.84 Å². The van der Waals surface area contributed by atoms with Gasteiger partial charge in [0.05, 0.1) is 15.2 Å². The first-order chi connectivity index (χ1) is 12.1. The summed E-state index contributed by atoms with van der Waals surface area (Å²) in [5, 5.41) is 23.1. The molecule has 25 heavy (non-hydrogen) atoms. The van der Waals surface area contributed by atoms with Gasteiger partial charge in [0, 0.05) is 28.7 Å². The van der Waals surface area contributed by atoms with Crippen LogP contribution < -0.4 is 5.84 Å². The SMILES string of the molecule is Nn1c(Sc2ccc([N+](=O)[O-])c3cnccc23)nnc1-c1cccs1. The van der Waals surface area contributed by atoms with E-state index in [9.17, 15) is 10.1 Å². The number of non-ortho nitro benzene ring substituents is 1. The van der Waals surface area contributed by atoms with Crippen molar-refractivity contribution in [2.75, 3.05) is 5.84 Å². The molecule has 8 nitrogen and oxygen atoms in total. The molecule has 124 valence electrons. The van der Waals surface area contributed by atoms with Gasteiger partial charge in [-0.05, 0) is 35.3 Å². The van der Waals surface area contributed by atoms with Crippen molar-refractivity contribution in [3.63, 3.8) is 0 Å². The van der Waals surface area contributed by atoms with Crippen molar-refractivity contribution in [3.05, 3.63) is 58.2 Å². The second-order valence-corrected chi connectivity index (χ2v) is 6.97. The van der Waals surface area contributed by atoms with E-state index in [2.05, 4.69) is 15.2 Å². The standard InChI is InChI=1S/C15H10N6O2S2/c16-20-14(13-2-1-7-24-13)18-19-15(20)25-12-4-3-11(21(22)23)10-8-17-6-5-9(10)12/h1-8H,16H2. The predicted molar refractivity (Wildman–Crippen MR) is 96.0 cm³/mol. The maximum Gasteiger partial charge on any atom is 0.278 e. The molecule has 3 heterocycles. The highest BCUT2D eigenvalue weighted by atomic mass is 32.2. The molecular weight excluding hydrogens is 360 g/mol. The summed E-state index contributed by atoms with van der Waals surface area (Å²) < 4.78 is 1.42. The maximum atomic E-state index is 11.2. The Morgan fingerprint density at radius 3 is 2.84 bits per heavy atom. The summed E-state index contributed by atoms with van der Waals surface area (Å²) in [5.41, 5.74) is 0.0148. The highest BCUT2D eigenvalue weighted by Crippen LogP contribution is 2.36. The van der Waals surface area contributed by atoms with Gasteiger partial charge in [-0.25, -0.2) is 4.68 Å². The van der Waals surface area contributed by atoms with Crippen LogP contribution >= 0.6 is 23.1 Å². The van der Waals surface area contributed by atoms with Crippen LogP contribution in [0.4, 0.5) is 5.69 Å². The van der Waals surface area contributed by atoms with E-state index in [1.54, 1.807) is 18.3 Å². The van der Waals surface area contributed by atoms with Gasteiger partial charge in [-0.1, -0.05) is 6.07 Å². The molecule has 0 radical (unpaired) electrons. The molecule has 0 unspecified atom stereocenters. The number of nitro groups is 1. The fourth-order valence-corrected chi connectivity index (χ4v) is 4.01. The lowest BCUT2D eigenvalue weighted by Crippen LogP contribution is -2.11. The third-order valence-corrected chi connectivity index (χ3v) is 5.46. The Balaban J connectivity index is 1.78. The zero-order chi connectivity index (χ0) is 17.4. The summed E-state index contributed by atoms with van der Waals surface area (Å²) in [5.74, 6) is 6.70. The molecule has 10 heteroatoms. The minimum absolute atomic E-state index is 0.0148. The van der Waals surface area contributed by atoms with Gasteiger partial charge in [0.25, 0.3) is 5.69 Å². The van der Waals surface area contributed by atoms with E-state index >= 15 is 0 Å². The third-order valence-electron chi connectivity index (χ3n) is 3.56. The normalized spacial score (nSPS) is 11.0. The van der Waals surface area contributed by atoms with E-state index in [1.165, 1.54) is 40.0 Å². The number of nitrogens with zero attached hydrogens (tertiary/aromatic N) is 5. The summed E-state index contributed by atoms with van der Waals surface area (Å²) in [6, 6.07) is 8.72. The number of nitrogens with two attached hydrogens (primary N) is 1. The molecule has 3 aromatic heterocycles. The van der Waals surface area contributed by atoms with Crippen LogP contribution in [0.5, 0.6) is 0 Å². The minimum atomic E-state index is -0.418.